The summed E-state index contributed by atoms with van der Waals surface area (Å²) < 4.78 is 109. The van der Waals surface area contributed by atoms with Crippen LogP contribution in [0.1, 0.15) is 35.2 Å². The van der Waals surface area contributed by atoms with Gasteiger partial charge in [0.2, 0.25) is 0 Å². The van der Waals surface area contributed by atoms with Crippen molar-refractivity contribution in [1.29, 1.82) is 0 Å². The van der Waals surface area contributed by atoms with Gasteiger partial charge < -0.3 is 9.64 Å². The van der Waals surface area contributed by atoms with E-state index >= 15 is 0 Å². The molecule has 1 atom stereocenters. The summed E-state index contributed by atoms with van der Waals surface area (Å²) in [7, 11) is 2.31. The van der Waals surface area contributed by atoms with Gasteiger partial charge in [-0.3, -0.25) is 4.68 Å². The predicted molar refractivity (Wildman–Crippen MR) is 76.0 cm³/mol. The molecule has 4 nitrogen and oxygen atoms in total. The van der Waals surface area contributed by atoms with Crippen molar-refractivity contribution in [3.8, 4) is 0 Å². The topological polar surface area (TPSA) is 30.3 Å². The second-order valence-corrected chi connectivity index (χ2v) is 3.64. The third-order valence-electron chi connectivity index (χ3n) is 2.12. The molecule has 0 fully saturated rings. The van der Waals surface area contributed by atoms with Crippen LogP contribution in [0.2, 0.25) is 0 Å². The Kier molecular flexibility index (Phi) is 1.61. The second kappa shape index (κ2) is 6.50. The van der Waals surface area contributed by atoms with Crippen molar-refractivity contribution >= 4 is 0 Å². The van der Waals surface area contributed by atoms with Crippen LogP contribution in [-0.4, -0.2) is 41.8 Å². The number of ether oxygens (including phenoxy) is 1. The lowest BCUT2D eigenvalue weighted by molar-refractivity contribution is 0.0638. The van der Waals surface area contributed by atoms with Crippen molar-refractivity contribution in [3.05, 3.63) is 53.7 Å². The van der Waals surface area contributed by atoms with E-state index in [1.54, 1.807) is 0 Å². The molecule has 0 aliphatic rings. The Morgan fingerprint density at radius 2 is 2.32 bits per heavy atom. The van der Waals surface area contributed by atoms with E-state index in [0.29, 0.717) is 4.90 Å². The number of aryl methyl sites for hydroxylation is 1. The third-order valence-corrected chi connectivity index (χ3v) is 2.12. The van der Waals surface area contributed by atoms with E-state index < -0.39 is 79.8 Å². The molecule has 1 aromatic heterocycles. The van der Waals surface area contributed by atoms with Crippen LogP contribution in [-0.2, 0) is 11.8 Å². The van der Waals surface area contributed by atoms with Crippen molar-refractivity contribution in [3.63, 3.8) is 0 Å². The first kappa shape index (κ1) is 4.72. The van der Waals surface area contributed by atoms with Gasteiger partial charge in [0.15, 0.2) is 0 Å². The zero-order valence-electron chi connectivity index (χ0n) is 23.5. The summed E-state index contributed by atoms with van der Waals surface area (Å²) in [5.74, 6) is 0. The van der Waals surface area contributed by atoms with Crippen molar-refractivity contribution in [2.24, 2.45) is 7.05 Å². The largest absolute Gasteiger partial charge is 0.366 e. The molecule has 1 heterocycles. The average molecular weight is 272 g/mol. The maximum atomic E-state index is 8.95. The minimum Gasteiger partial charge on any atom is -0.366 e. The van der Waals surface area contributed by atoms with Gasteiger partial charge in [0, 0.05) is 23.9 Å². The first-order valence-electron chi connectivity index (χ1n) is 11.8. The molecule has 19 heavy (non-hydrogen) atoms. The molecule has 0 bridgehead atoms. The highest BCUT2D eigenvalue weighted by atomic mass is 16.5. The van der Waals surface area contributed by atoms with Gasteiger partial charge in [-0.05, 0) is 25.6 Å². The number of benzene rings is 1. The molecular formula is C15H21N3O. The quantitative estimate of drug-likeness (QED) is 0.806. The second-order valence-electron chi connectivity index (χ2n) is 3.64. The fourth-order valence-corrected chi connectivity index (χ4v) is 1.27. The van der Waals surface area contributed by atoms with E-state index in [-0.39, 0.29) is 0 Å². The lowest BCUT2D eigenvalue weighted by atomic mass is 10.1. The standard InChI is InChI=1S/C15H21N3O/c1-17(2)11-12-19-15(13-7-5-4-6-8-13)14-9-10-16-18(14)3/h4-10,15H,11-12H2,1-3H3/i1D3,4D,5D,6D,7D,8D,9D,10D,12D2,15D. The molecule has 0 saturated carbocycles. The number of nitrogens with zero attached hydrogens (tertiary/aromatic N) is 3. The molecule has 0 aliphatic heterocycles. The molecule has 0 radical (unpaired) electrons. The van der Waals surface area contributed by atoms with Gasteiger partial charge in [-0.25, -0.2) is 0 Å². The van der Waals surface area contributed by atoms with Gasteiger partial charge in [-0.15, -0.1) is 0 Å². The van der Waals surface area contributed by atoms with E-state index in [2.05, 4.69) is 5.10 Å². The average Bonchev–Trinajstić information content (AvgIpc) is 2.89. The Morgan fingerprint density at radius 1 is 1.53 bits per heavy atom. The minimum absolute atomic E-state index is 0.568. The Hall–Kier alpha value is -1.65. The van der Waals surface area contributed by atoms with Crippen LogP contribution in [0.3, 0.4) is 0 Å². The van der Waals surface area contributed by atoms with Crippen LogP contribution in [0.15, 0.2) is 42.4 Å². The SMILES string of the molecule is [2H]c1nn(C)c(C([2H])(OC([2H])([2H])CN(C)C([2H])([2H])[2H])c2c([2H])c([2H])c([2H])c([2H])c2[2H])c1[2H]. The van der Waals surface area contributed by atoms with Crippen molar-refractivity contribution < 1.29 is 22.6 Å². The summed E-state index contributed by atoms with van der Waals surface area (Å²) >= 11 is 0. The van der Waals surface area contributed by atoms with Gasteiger partial charge in [-0.2, -0.15) is 5.10 Å². The van der Waals surface area contributed by atoms with Crippen LogP contribution in [0, 0.1) is 0 Å². The van der Waals surface area contributed by atoms with Gasteiger partial charge in [0.05, 0.1) is 26.0 Å². The first-order chi connectivity index (χ1) is 14.3. The van der Waals surface area contributed by atoms with E-state index in [1.807, 2.05) is 0 Å². The monoisotopic (exact) mass is 272 g/mol. The lowest BCUT2D eigenvalue weighted by Crippen LogP contribution is -2.20. The molecule has 0 N–H and O–H groups in total. The summed E-state index contributed by atoms with van der Waals surface area (Å²) in [4.78, 5) is 0.635. The highest BCUT2D eigenvalue weighted by Gasteiger charge is 2.17. The summed E-state index contributed by atoms with van der Waals surface area (Å²) in [5.41, 5.74) is -1.37. The van der Waals surface area contributed by atoms with Gasteiger partial charge in [0.25, 0.3) is 0 Å². The van der Waals surface area contributed by atoms with Gasteiger partial charge in [0.1, 0.15) is 6.08 Å². The van der Waals surface area contributed by atoms with Crippen LogP contribution in [0.4, 0.5) is 0 Å². The molecular weight excluding hydrogens is 238 g/mol. The summed E-state index contributed by atoms with van der Waals surface area (Å²) in [5, 5.41) is 3.67. The maximum absolute atomic E-state index is 8.95. The van der Waals surface area contributed by atoms with E-state index in [1.165, 1.54) is 7.05 Å². The fraction of sp³-hybridized carbons (Fsp3) is 0.400. The zero-order valence-corrected chi connectivity index (χ0v) is 10.5. The molecule has 1 aromatic carbocycles. The van der Waals surface area contributed by atoms with Crippen LogP contribution >= 0.6 is 0 Å². The Labute approximate surface area is 132 Å². The van der Waals surface area contributed by atoms with E-state index in [9.17, 15) is 0 Å². The molecule has 2 rings (SSSR count). The minimum atomic E-state index is -2.95. The smallest absolute Gasteiger partial charge is 0.124 e. The zero-order chi connectivity index (χ0) is 25.0. The van der Waals surface area contributed by atoms with Crippen LogP contribution in [0.5, 0.6) is 0 Å². The van der Waals surface area contributed by atoms with Crippen LogP contribution in [0.25, 0.3) is 0 Å². The van der Waals surface area contributed by atoms with Crippen molar-refractivity contribution in [2.45, 2.75) is 6.08 Å². The number of hydrogen-bond acceptors (Lipinski definition) is 3. The summed E-state index contributed by atoms with van der Waals surface area (Å²) in [6.07, 6.45) is -3.57. The number of aromatic nitrogens is 2. The normalized spacial score (nSPS) is 25.7. The molecule has 0 spiro atoms. The summed E-state index contributed by atoms with van der Waals surface area (Å²) in [6.45, 7) is -6.51. The molecule has 0 saturated heterocycles. The maximum Gasteiger partial charge on any atom is 0.124 e. The number of likely N-dealkylation sites (N-methyl/N-ethyl adjacent to an activating group) is 1. The van der Waals surface area contributed by atoms with Gasteiger partial charge in [-0.1, -0.05) is 30.2 Å². The molecule has 102 valence electrons. The van der Waals surface area contributed by atoms with E-state index in [4.69, 9.17) is 22.6 Å². The first-order valence-corrected chi connectivity index (χ1v) is 5.34. The van der Waals surface area contributed by atoms with Gasteiger partial charge >= 0.3 is 0 Å². The van der Waals surface area contributed by atoms with Crippen molar-refractivity contribution in [1.82, 2.24) is 14.7 Å². The Morgan fingerprint density at radius 3 is 2.95 bits per heavy atom. The predicted octanol–water partition coefficient (Wildman–Crippen LogP) is 2.09. The molecule has 4 heteroatoms. The van der Waals surface area contributed by atoms with Crippen LogP contribution < -0.4 is 0 Å². The molecule has 0 amide bonds. The Bertz CT molecular complexity index is 1010. The summed E-state index contributed by atoms with van der Waals surface area (Å²) in [6, 6.07) is -4.83. The number of hydrogen-bond donors (Lipinski definition) is 0. The lowest BCUT2D eigenvalue weighted by Gasteiger charge is -2.20. The fourth-order valence-electron chi connectivity index (χ4n) is 1.27. The number of rotatable bonds is 6. The van der Waals surface area contributed by atoms with Crippen molar-refractivity contribution in [2.75, 3.05) is 27.1 Å². The highest BCUT2D eigenvalue weighted by molar-refractivity contribution is 5.25. The molecule has 1 unspecified atom stereocenters. The molecule has 0 aliphatic carbocycles. The Balaban J connectivity index is 2.83. The third kappa shape index (κ3) is 3.66. The molecule has 2 aromatic rings. The van der Waals surface area contributed by atoms with E-state index in [0.717, 1.165) is 11.7 Å². The highest BCUT2D eigenvalue weighted by Crippen LogP contribution is 2.25.